The van der Waals surface area contributed by atoms with E-state index in [4.69, 9.17) is 0 Å². The molecule has 0 saturated carbocycles. The molecule has 1 saturated heterocycles. The summed E-state index contributed by atoms with van der Waals surface area (Å²) < 4.78 is 0.868. The van der Waals surface area contributed by atoms with Crippen molar-refractivity contribution in [2.75, 3.05) is 23.0 Å². The molecule has 13 heavy (non-hydrogen) atoms. The molecular formula is C7H10BrN3S2. The smallest absolute Gasteiger partial charge is 0.209 e. The van der Waals surface area contributed by atoms with Gasteiger partial charge in [-0.2, -0.15) is 11.8 Å². The van der Waals surface area contributed by atoms with Crippen LogP contribution >= 0.6 is 39.0 Å². The third kappa shape index (κ3) is 2.16. The van der Waals surface area contributed by atoms with Crippen LogP contribution < -0.4 is 4.90 Å². The predicted molar refractivity (Wildman–Crippen MR) is 61.7 cm³/mol. The second kappa shape index (κ2) is 4.14. The predicted octanol–water partition coefficient (Wildman–Crippen LogP) is 2.24. The zero-order valence-electron chi connectivity index (χ0n) is 7.23. The van der Waals surface area contributed by atoms with Gasteiger partial charge in [-0.05, 0) is 22.9 Å². The van der Waals surface area contributed by atoms with Crippen LogP contribution in [0.5, 0.6) is 0 Å². The average molecular weight is 280 g/mol. The molecule has 0 radical (unpaired) electrons. The van der Waals surface area contributed by atoms with Gasteiger partial charge in [-0.3, -0.25) is 0 Å². The Hall–Kier alpha value is 0.190. The lowest BCUT2D eigenvalue weighted by Crippen LogP contribution is -2.40. The minimum atomic E-state index is 0.582. The number of halogens is 1. The summed E-state index contributed by atoms with van der Waals surface area (Å²) >= 11 is 6.95. The molecule has 0 bridgehead atoms. The van der Waals surface area contributed by atoms with E-state index in [1.807, 2.05) is 11.8 Å². The van der Waals surface area contributed by atoms with E-state index in [-0.39, 0.29) is 0 Å². The SMILES string of the molecule is CC1CSCCN1c1nnc(Br)s1. The van der Waals surface area contributed by atoms with E-state index in [1.165, 1.54) is 11.5 Å². The molecule has 1 aliphatic heterocycles. The number of aromatic nitrogens is 2. The first-order valence-corrected chi connectivity index (χ1v) is 6.87. The first kappa shape index (κ1) is 9.73. The number of rotatable bonds is 1. The lowest BCUT2D eigenvalue weighted by atomic mass is 10.3. The molecule has 3 nitrogen and oxygen atoms in total. The van der Waals surface area contributed by atoms with Gasteiger partial charge in [-0.25, -0.2) is 0 Å². The molecule has 0 N–H and O–H groups in total. The Morgan fingerprint density at radius 3 is 3.00 bits per heavy atom. The fraction of sp³-hybridized carbons (Fsp3) is 0.714. The zero-order valence-corrected chi connectivity index (χ0v) is 10.5. The molecule has 72 valence electrons. The van der Waals surface area contributed by atoms with Gasteiger partial charge < -0.3 is 4.90 Å². The Labute approximate surface area is 94.0 Å². The van der Waals surface area contributed by atoms with Crippen molar-refractivity contribution in [2.24, 2.45) is 0 Å². The quantitative estimate of drug-likeness (QED) is 0.789. The second-order valence-corrected chi connectivity index (χ2v) is 6.34. The minimum Gasteiger partial charge on any atom is -0.342 e. The van der Waals surface area contributed by atoms with Crippen molar-refractivity contribution < 1.29 is 0 Å². The largest absolute Gasteiger partial charge is 0.342 e. The van der Waals surface area contributed by atoms with Crippen molar-refractivity contribution in [3.8, 4) is 0 Å². The first-order valence-electron chi connectivity index (χ1n) is 4.11. The normalized spacial score (nSPS) is 23.5. The Kier molecular flexibility index (Phi) is 3.10. The maximum absolute atomic E-state index is 4.13. The highest BCUT2D eigenvalue weighted by atomic mass is 79.9. The third-order valence-corrected chi connectivity index (χ3v) is 4.59. The van der Waals surface area contributed by atoms with Gasteiger partial charge >= 0.3 is 0 Å². The molecule has 1 fully saturated rings. The van der Waals surface area contributed by atoms with Crippen LogP contribution in [0.15, 0.2) is 3.92 Å². The molecule has 0 amide bonds. The molecule has 2 rings (SSSR count). The highest BCUT2D eigenvalue weighted by Crippen LogP contribution is 2.28. The van der Waals surface area contributed by atoms with E-state index in [9.17, 15) is 0 Å². The lowest BCUT2D eigenvalue weighted by molar-refractivity contribution is 0.693. The molecule has 1 aromatic heterocycles. The molecule has 0 aromatic carbocycles. The Balaban J connectivity index is 2.14. The second-order valence-electron chi connectivity index (χ2n) is 2.95. The van der Waals surface area contributed by atoms with Crippen molar-refractivity contribution in [1.29, 1.82) is 0 Å². The van der Waals surface area contributed by atoms with E-state index < -0.39 is 0 Å². The summed E-state index contributed by atoms with van der Waals surface area (Å²) in [4.78, 5) is 2.33. The third-order valence-electron chi connectivity index (χ3n) is 2.00. The van der Waals surface area contributed by atoms with Gasteiger partial charge in [-0.1, -0.05) is 11.3 Å². The number of anilines is 1. The number of thioether (sulfide) groups is 1. The van der Waals surface area contributed by atoms with Gasteiger partial charge in [0.1, 0.15) is 0 Å². The van der Waals surface area contributed by atoms with E-state index >= 15 is 0 Å². The van der Waals surface area contributed by atoms with Gasteiger partial charge in [-0.15, -0.1) is 10.2 Å². The molecule has 1 atom stereocenters. The fourth-order valence-corrected chi connectivity index (χ4v) is 3.56. The van der Waals surface area contributed by atoms with Gasteiger partial charge in [0.25, 0.3) is 0 Å². The summed E-state index contributed by atoms with van der Waals surface area (Å²) in [7, 11) is 0. The molecule has 1 aliphatic rings. The maximum Gasteiger partial charge on any atom is 0.209 e. The summed E-state index contributed by atoms with van der Waals surface area (Å²) in [6, 6.07) is 0.582. The maximum atomic E-state index is 4.13. The summed E-state index contributed by atoms with van der Waals surface area (Å²) in [5.41, 5.74) is 0. The molecule has 1 unspecified atom stereocenters. The zero-order chi connectivity index (χ0) is 9.26. The summed E-state index contributed by atoms with van der Waals surface area (Å²) in [6.45, 7) is 3.33. The van der Waals surface area contributed by atoms with Crippen LogP contribution in [0.1, 0.15) is 6.92 Å². The molecule has 0 spiro atoms. The average Bonchev–Trinajstić information content (AvgIpc) is 2.53. The van der Waals surface area contributed by atoms with Gasteiger partial charge in [0.05, 0.1) is 0 Å². The first-order chi connectivity index (χ1) is 6.27. The van der Waals surface area contributed by atoms with Crippen molar-refractivity contribution in [3.05, 3.63) is 3.92 Å². The molecule has 1 aromatic rings. The molecule has 6 heteroatoms. The van der Waals surface area contributed by atoms with E-state index in [1.54, 1.807) is 11.3 Å². The topological polar surface area (TPSA) is 29.0 Å². The summed E-state index contributed by atoms with van der Waals surface area (Å²) in [6.07, 6.45) is 0. The van der Waals surface area contributed by atoms with Gasteiger partial charge in [0.15, 0.2) is 3.92 Å². The van der Waals surface area contributed by atoms with Crippen LogP contribution in [0.25, 0.3) is 0 Å². The number of hydrogen-bond acceptors (Lipinski definition) is 5. The Morgan fingerprint density at radius 1 is 1.54 bits per heavy atom. The van der Waals surface area contributed by atoms with Crippen LogP contribution in [0, 0.1) is 0 Å². The highest BCUT2D eigenvalue weighted by molar-refractivity contribution is 9.11. The van der Waals surface area contributed by atoms with E-state index in [2.05, 4.69) is 38.0 Å². The van der Waals surface area contributed by atoms with Gasteiger partial charge in [0, 0.05) is 24.1 Å². The van der Waals surface area contributed by atoms with Crippen molar-refractivity contribution in [1.82, 2.24) is 10.2 Å². The van der Waals surface area contributed by atoms with Crippen LogP contribution in [0.3, 0.4) is 0 Å². The van der Waals surface area contributed by atoms with Crippen LogP contribution in [0.2, 0.25) is 0 Å². The monoisotopic (exact) mass is 279 g/mol. The highest BCUT2D eigenvalue weighted by Gasteiger charge is 2.21. The van der Waals surface area contributed by atoms with Crippen molar-refractivity contribution in [2.45, 2.75) is 13.0 Å². The summed E-state index contributed by atoms with van der Waals surface area (Å²) in [5, 5.41) is 9.13. The molecule has 0 aliphatic carbocycles. The lowest BCUT2D eigenvalue weighted by Gasteiger charge is -2.32. The number of hydrogen-bond donors (Lipinski definition) is 0. The van der Waals surface area contributed by atoms with E-state index in [0.717, 1.165) is 15.6 Å². The van der Waals surface area contributed by atoms with Crippen LogP contribution in [-0.4, -0.2) is 34.3 Å². The fourth-order valence-electron chi connectivity index (χ4n) is 1.33. The summed E-state index contributed by atoms with van der Waals surface area (Å²) in [5.74, 6) is 2.39. The van der Waals surface area contributed by atoms with Crippen LogP contribution in [-0.2, 0) is 0 Å². The molecular weight excluding hydrogens is 270 g/mol. The van der Waals surface area contributed by atoms with Gasteiger partial charge in [0.2, 0.25) is 5.13 Å². The number of nitrogens with zero attached hydrogens (tertiary/aromatic N) is 3. The standard InChI is InChI=1S/C7H10BrN3S2/c1-5-4-12-3-2-11(5)7-10-9-6(8)13-7/h5H,2-4H2,1H3. The van der Waals surface area contributed by atoms with E-state index in [0.29, 0.717) is 6.04 Å². The van der Waals surface area contributed by atoms with Crippen LogP contribution in [0.4, 0.5) is 5.13 Å². The molecule has 2 heterocycles. The Morgan fingerprint density at radius 2 is 2.38 bits per heavy atom. The Bertz CT molecular complexity index is 291. The van der Waals surface area contributed by atoms with Crippen molar-refractivity contribution in [3.63, 3.8) is 0 Å². The van der Waals surface area contributed by atoms with Crippen molar-refractivity contribution >= 4 is 44.2 Å². The minimum absolute atomic E-state index is 0.582.